The van der Waals surface area contributed by atoms with Crippen molar-refractivity contribution < 1.29 is 14.3 Å². The Morgan fingerprint density at radius 1 is 1.37 bits per heavy atom. The number of furan rings is 1. The standard InChI is InChI=1S/C14H14ClNO3/c1-14(9-17,10-5-3-2-4-6-10)16-13(18)11-7-8-19-12(11)15/h2-8,17H,9H2,1H3,(H,16,18). The van der Waals surface area contributed by atoms with Crippen molar-refractivity contribution in [3.63, 3.8) is 0 Å². The van der Waals surface area contributed by atoms with Crippen molar-refractivity contribution in [1.29, 1.82) is 0 Å². The number of benzene rings is 1. The topological polar surface area (TPSA) is 62.5 Å². The second kappa shape index (κ2) is 5.47. The Balaban J connectivity index is 2.25. The Hall–Kier alpha value is -1.78. The van der Waals surface area contributed by atoms with E-state index in [9.17, 15) is 9.90 Å². The molecule has 2 aromatic rings. The predicted molar refractivity (Wildman–Crippen MR) is 72.1 cm³/mol. The van der Waals surface area contributed by atoms with Gasteiger partial charge in [-0.2, -0.15) is 0 Å². The molecular formula is C14H14ClNO3. The van der Waals surface area contributed by atoms with Gasteiger partial charge < -0.3 is 14.8 Å². The Bertz CT molecular complexity index is 567. The van der Waals surface area contributed by atoms with Crippen LogP contribution >= 0.6 is 11.6 Å². The van der Waals surface area contributed by atoms with Crippen molar-refractivity contribution in [2.75, 3.05) is 6.61 Å². The summed E-state index contributed by atoms with van der Waals surface area (Å²) in [5, 5.41) is 12.4. The number of carbonyl (C=O) groups excluding carboxylic acids is 1. The third-order valence-corrected chi connectivity index (χ3v) is 3.27. The largest absolute Gasteiger partial charge is 0.452 e. The van der Waals surface area contributed by atoms with E-state index in [1.54, 1.807) is 6.92 Å². The molecule has 0 radical (unpaired) electrons. The first-order valence-corrected chi connectivity index (χ1v) is 6.16. The summed E-state index contributed by atoms with van der Waals surface area (Å²) in [5.41, 5.74) is 0.182. The smallest absolute Gasteiger partial charge is 0.256 e. The van der Waals surface area contributed by atoms with Crippen LogP contribution < -0.4 is 5.32 Å². The van der Waals surface area contributed by atoms with Gasteiger partial charge in [0.2, 0.25) is 5.22 Å². The van der Waals surface area contributed by atoms with E-state index in [2.05, 4.69) is 5.32 Å². The maximum Gasteiger partial charge on any atom is 0.256 e. The summed E-state index contributed by atoms with van der Waals surface area (Å²) in [6, 6.07) is 10.7. The summed E-state index contributed by atoms with van der Waals surface area (Å²) < 4.78 is 4.88. The quantitative estimate of drug-likeness (QED) is 0.904. The Morgan fingerprint density at radius 2 is 2.05 bits per heavy atom. The minimum absolute atomic E-state index is 0.0332. The highest BCUT2D eigenvalue weighted by atomic mass is 35.5. The Kier molecular flexibility index (Phi) is 3.93. The number of hydrogen-bond donors (Lipinski definition) is 2. The summed E-state index contributed by atoms with van der Waals surface area (Å²) in [6.45, 7) is 1.52. The van der Waals surface area contributed by atoms with Gasteiger partial charge in [0.25, 0.3) is 5.91 Å². The van der Waals surface area contributed by atoms with Gasteiger partial charge in [0.05, 0.1) is 24.0 Å². The van der Waals surface area contributed by atoms with Crippen molar-refractivity contribution in [3.05, 3.63) is 59.0 Å². The van der Waals surface area contributed by atoms with Crippen LogP contribution in [0.1, 0.15) is 22.8 Å². The minimum Gasteiger partial charge on any atom is -0.452 e. The average molecular weight is 280 g/mol. The maximum absolute atomic E-state index is 12.1. The zero-order valence-electron chi connectivity index (χ0n) is 10.4. The number of hydrogen-bond acceptors (Lipinski definition) is 3. The third kappa shape index (κ3) is 2.80. The van der Waals surface area contributed by atoms with Crippen LogP contribution in [0.2, 0.25) is 5.22 Å². The van der Waals surface area contributed by atoms with E-state index in [0.29, 0.717) is 0 Å². The summed E-state index contributed by atoms with van der Waals surface area (Å²) in [7, 11) is 0. The molecule has 2 rings (SSSR count). The molecule has 0 spiro atoms. The molecule has 0 aliphatic carbocycles. The molecule has 4 nitrogen and oxygen atoms in total. The zero-order valence-corrected chi connectivity index (χ0v) is 11.1. The molecule has 1 aromatic heterocycles. The van der Waals surface area contributed by atoms with Crippen molar-refractivity contribution in [2.45, 2.75) is 12.5 Å². The van der Waals surface area contributed by atoms with Gasteiger partial charge in [-0.15, -0.1) is 0 Å². The van der Waals surface area contributed by atoms with Crippen molar-refractivity contribution in [1.82, 2.24) is 5.32 Å². The number of nitrogens with one attached hydrogen (secondary N) is 1. The average Bonchev–Trinajstić information content (AvgIpc) is 2.86. The molecule has 2 N–H and O–H groups in total. The second-order valence-corrected chi connectivity index (χ2v) is 4.76. The molecule has 0 saturated carbocycles. The fourth-order valence-electron chi connectivity index (χ4n) is 1.78. The Labute approximate surface area is 116 Å². The van der Waals surface area contributed by atoms with E-state index < -0.39 is 5.54 Å². The fourth-order valence-corrected chi connectivity index (χ4v) is 1.98. The second-order valence-electron chi connectivity index (χ2n) is 4.42. The third-order valence-electron chi connectivity index (χ3n) is 2.98. The van der Waals surface area contributed by atoms with Gasteiger partial charge >= 0.3 is 0 Å². The van der Waals surface area contributed by atoms with Gasteiger partial charge in [-0.1, -0.05) is 30.3 Å². The predicted octanol–water partition coefficient (Wildman–Crippen LogP) is 2.57. The maximum atomic E-state index is 12.1. The lowest BCUT2D eigenvalue weighted by atomic mass is 9.92. The molecule has 19 heavy (non-hydrogen) atoms. The molecule has 1 atom stereocenters. The summed E-state index contributed by atoms with van der Waals surface area (Å²) in [6.07, 6.45) is 1.34. The molecule has 5 heteroatoms. The highest BCUT2D eigenvalue weighted by molar-refractivity contribution is 6.32. The Morgan fingerprint density at radius 3 is 2.58 bits per heavy atom. The number of aliphatic hydroxyl groups is 1. The fraction of sp³-hybridized carbons (Fsp3) is 0.214. The van der Waals surface area contributed by atoms with E-state index in [4.69, 9.17) is 16.0 Å². The van der Waals surface area contributed by atoms with Crippen molar-refractivity contribution in [2.24, 2.45) is 0 Å². The van der Waals surface area contributed by atoms with Crippen LogP contribution in [0, 0.1) is 0 Å². The van der Waals surface area contributed by atoms with Crippen LogP contribution in [0.15, 0.2) is 47.1 Å². The molecule has 0 saturated heterocycles. The molecule has 1 amide bonds. The molecule has 1 unspecified atom stereocenters. The van der Waals surface area contributed by atoms with Crippen LogP contribution in [0.3, 0.4) is 0 Å². The summed E-state index contributed by atoms with van der Waals surface area (Å²) >= 11 is 5.76. The molecule has 0 bridgehead atoms. The van der Waals surface area contributed by atoms with E-state index in [1.807, 2.05) is 30.3 Å². The van der Waals surface area contributed by atoms with Crippen LogP contribution in [0.25, 0.3) is 0 Å². The van der Waals surface area contributed by atoms with E-state index in [0.717, 1.165) is 5.56 Å². The lowest BCUT2D eigenvalue weighted by Gasteiger charge is -2.29. The number of aliphatic hydroxyl groups excluding tert-OH is 1. The van der Waals surface area contributed by atoms with Gasteiger partial charge in [-0.25, -0.2) is 0 Å². The van der Waals surface area contributed by atoms with Crippen molar-refractivity contribution >= 4 is 17.5 Å². The molecule has 1 heterocycles. The van der Waals surface area contributed by atoms with Gasteiger partial charge in [0.1, 0.15) is 0 Å². The SMILES string of the molecule is CC(CO)(NC(=O)c1ccoc1Cl)c1ccccc1. The summed E-state index contributed by atoms with van der Waals surface area (Å²) in [5.74, 6) is -0.390. The summed E-state index contributed by atoms with van der Waals surface area (Å²) in [4.78, 5) is 12.1. The van der Waals surface area contributed by atoms with E-state index >= 15 is 0 Å². The van der Waals surface area contributed by atoms with Gasteiger partial charge in [0.15, 0.2) is 0 Å². The van der Waals surface area contributed by atoms with Gasteiger partial charge in [-0.05, 0) is 30.2 Å². The highest BCUT2D eigenvalue weighted by Gasteiger charge is 2.29. The van der Waals surface area contributed by atoms with E-state index in [-0.39, 0.29) is 23.3 Å². The zero-order chi connectivity index (χ0) is 13.9. The highest BCUT2D eigenvalue weighted by Crippen LogP contribution is 2.22. The first kappa shape index (κ1) is 13.6. The van der Waals surface area contributed by atoms with Crippen LogP contribution in [-0.4, -0.2) is 17.6 Å². The molecule has 0 aliphatic rings. The van der Waals surface area contributed by atoms with Gasteiger partial charge in [0, 0.05) is 0 Å². The monoisotopic (exact) mass is 279 g/mol. The first-order valence-electron chi connectivity index (χ1n) is 5.79. The number of rotatable bonds is 4. The first-order chi connectivity index (χ1) is 9.07. The van der Waals surface area contributed by atoms with E-state index in [1.165, 1.54) is 12.3 Å². The minimum atomic E-state index is -0.876. The normalized spacial score (nSPS) is 13.8. The lowest BCUT2D eigenvalue weighted by molar-refractivity contribution is 0.0849. The number of halogens is 1. The molecule has 0 aliphatic heterocycles. The van der Waals surface area contributed by atoms with Gasteiger partial charge in [-0.3, -0.25) is 4.79 Å². The molecule has 0 fully saturated rings. The molecule has 100 valence electrons. The number of amides is 1. The molecule has 1 aromatic carbocycles. The van der Waals surface area contributed by atoms with Crippen molar-refractivity contribution in [3.8, 4) is 0 Å². The molecular weight excluding hydrogens is 266 g/mol. The van der Waals surface area contributed by atoms with Crippen LogP contribution in [-0.2, 0) is 5.54 Å². The van der Waals surface area contributed by atoms with Crippen LogP contribution in [0.4, 0.5) is 0 Å². The lowest BCUT2D eigenvalue weighted by Crippen LogP contribution is -2.46. The van der Waals surface area contributed by atoms with Crippen LogP contribution in [0.5, 0.6) is 0 Å². The number of carbonyl (C=O) groups is 1.